The molecule has 1 atom stereocenters. The molecule has 3 nitrogen and oxygen atoms in total. The van der Waals surface area contributed by atoms with Crippen LogP contribution >= 0.6 is 0 Å². The van der Waals surface area contributed by atoms with E-state index in [-0.39, 0.29) is 11.7 Å². The Labute approximate surface area is 127 Å². The molecule has 0 radical (unpaired) electrons. The summed E-state index contributed by atoms with van der Waals surface area (Å²) in [6.07, 6.45) is -0.842. The first-order chi connectivity index (χ1) is 10.3. The smallest absolute Gasteiger partial charge is 0.265 e. The summed E-state index contributed by atoms with van der Waals surface area (Å²) < 4.78 is 31.3. The van der Waals surface area contributed by atoms with Crippen molar-refractivity contribution in [2.24, 2.45) is 0 Å². The zero-order valence-corrected chi connectivity index (χ0v) is 12.6. The van der Waals surface area contributed by atoms with Crippen molar-refractivity contribution in [3.63, 3.8) is 0 Å². The van der Waals surface area contributed by atoms with Gasteiger partial charge in [0.25, 0.3) is 5.91 Å². The van der Waals surface area contributed by atoms with Crippen LogP contribution in [-0.4, -0.2) is 12.0 Å². The summed E-state index contributed by atoms with van der Waals surface area (Å²) >= 11 is 0. The maximum absolute atomic E-state index is 13.1. The molecule has 2 aromatic carbocycles. The SMILES string of the molecule is Cc1cc(C)cc(NC(=O)C(C)Oc2ccc(F)c(F)c2)c1. The standard InChI is InChI=1S/C17H17F2NO2/c1-10-6-11(2)8-13(7-10)20-17(21)12(3)22-14-4-5-15(18)16(19)9-14/h4-9,12H,1-3H3,(H,20,21). The number of nitrogens with one attached hydrogen (secondary N) is 1. The van der Waals surface area contributed by atoms with Gasteiger partial charge >= 0.3 is 0 Å². The lowest BCUT2D eigenvalue weighted by Crippen LogP contribution is -2.30. The Morgan fingerprint density at radius 2 is 1.68 bits per heavy atom. The predicted octanol–water partition coefficient (Wildman–Crippen LogP) is 3.99. The van der Waals surface area contributed by atoms with Crippen LogP contribution in [0.2, 0.25) is 0 Å². The van der Waals surface area contributed by atoms with Gasteiger partial charge in [-0.15, -0.1) is 0 Å². The topological polar surface area (TPSA) is 38.3 Å². The normalized spacial score (nSPS) is 11.9. The number of hydrogen-bond donors (Lipinski definition) is 1. The third kappa shape index (κ3) is 4.04. The van der Waals surface area contributed by atoms with Gasteiger partial charge in [0.1, 0.15) is 5.75 Å². The highest BCUT2D eigenvalue weighted by Gasteiger charge is 2.16. The van der Waals surface area contributed by atoms with E-state index in [1.807, 2.05) is 32.0 Å². The molecule has 0 aliphatic carbocycles. The van der Waals surface area contributed by atoms with Crippen LogP contribution < -0.4 is 10.1 Å². The molecule has 0 saturated carbocycles. The number of aryl methyl sites for hydroxylation is 2. The fraction of sp³-hybridized carbons (Fsp3) is 0.235. The van der Waals surface area contributed by atoms with Crippen LogP contribution in [0.1, 0.15) is 18.1 Å². The Hall–Kier alpha value is -2.43. The summed E-state index contributed by atoms with van der Waals surface area (Å²) in [5.74, 6) is -2.24. The summed E-state index contributed by atoms with van der Waals surface area (Å²) in [5.41, 5.74) is 2.73. The summed E-state index contributed by atoms with van der Waals surface area (Å²) in [6, 6.07) is 8.83. The zero-order chi connectivity index (χ0) is 16.3. The van der Waals surface area contributed by atoms with E-state index in [0.717, 1.165) is 23.3 Å². The molecular formula is C17H17F2NO2. The number of carbonyl (C=O) groups excluding carboxylic acids is 1. The van der Waals surface area contributed by atoms with Gasteiger partial charge in [-0.3, -0.25) is 4.79 Å². The van der Waals surface area contributed by atoms with Crippen LogP contribution in [0.25, 0.3) is 0 Å². The Bertz CT molecular complexity index is 681. The second-order valence-corrected chi connectivity index (χ2v) is 5.20. The van der Waals surface area contributed by atoms with E-state index < -0.39 is 17.7 Å². The maximum Gasteiger partial charge on any atom is 0.265 e. The van der Waals surface area contributed by atoms with Gasteiger partial charge in [-0.1, -0.05) is 6.07 Å². The van der Waals surface area contributed by atoms with Crippen molar-refractivity contribution in [3.05, 3.63) is 59.2 Å². The van der Waals surface area contributed by atoms with Gasteiger partial charge in [0.15, 0.2) is 17.7 Å². The lowest BCUT2D eigenvalue weighted by atomic mass is 10.1. The first kappa shape index (κ1) is 15.9. The minimum atomic E-state index is -1.01. The van der Waals surface area contributed by atoms with Crippen LogP contribution in [0.3, 0.4) is 0 Å². The number of halogens is 2. The van der Waals surface area contributed by atoms with E-state index >= 15 is 0 Å². The predicted molar refractivity (Wildman–Crippen MR) is 81.0 cm³/mol. The second-order valence-electron chi connectivity index (χ2n) is 5.20. The van der Waals surface area contributed by atoms with E-state index in [1.165, 1.54) is 6.07 Å². The molecule has 0 aromatic heterocycles. The highest BCUT2D eigenvalue weighted by atomic mass is 19.2. The number of amides is 1. The number of benzene rings is 2. The first-order valence-corrected chi connectivity index (χ1v) is 6.86. The molecule has 0 fully saturated rings. The Morgan fingerprint density at radius 3 is 2.27 bits per heavy atom. The Balaban J connectivity index is 2.04. The molecule has 0 bridgehead atoms. The number of rotatable bonds is 4. The van der Waals surface area contributed by atoms with Crippen molar-refractivity contribution in [2.75, 3.05) is 5.32 Å². The fourth-order valence-electron chi connectivity index (χ4n) is 2.10. The fourth-order valence-corrected chi connectivity index (χ4v) is 2.10. The molecule has 2 aromatic rings. The Kier molecular flexibility index (Phi) is 4.75. The molecule has 0 aliphatic rings. The molecule has 0 heterocycles. The van der Waals surface area contributed by atoms with Crippen molar-refractivity contribution in [1.82, 2.24) is 0 Å². The van der Waals surface area contributed by atoms with E-state index in [0.29, 0.717) is 5.69 Å². The van der Waals surface area contributed by atoms with Crippen LogP contribution in [0.5, 0.6) is 5.75 Å². The lowest BCUT2D eigenvalue weighted by Gasteiger charge is -2.15. The number of anilines is 1. The van der Waals surface area contributed by atoms with Gasteiger partial charge in [0.2, 0.25) is 0 Å². The number of hydrogen-bond acceptors (Lipinski definition) is 2. The summed E-state index contributed by atoms with van der Waals surface area (Å²) in [4.78, 5) is 12.1. The molecule has 1 N–H and O–H groups in total. The average Bonchev–Trinajstić information content (AvgIpc) is 2.41. The van der Waals surface area contributed by atoms with Crippen molar-refractivity contribution in [2.45, 2.75) is 26.9 Å². The molecule has 1 unspecified atom stereocenters. The highest BCUT2D eigenvalue weighted by molar-refractivity contribution is 5.94. The van der Waals surface area contributed by atoms with E-state index in [9.17, 15) is 13.6 Å². The molecule has 0 aliphatic heterocycles. The van der Waals surface area contributed by atoms with Gasteiger partial charge in [0.05, 0.1) is 0 Å². The quantitative estimate of drug-likeness (QED) is 0.927. The second kappa shape index (κ2) is 6.56. The maximum atomic E-state index is 13.1. The lowest BCUT2D eigenvalue weighted by molar-refractivity contribution is -0.122. The highest BCUT2D eigenvalue weighted by Crippen LogP contribution is 2.18. The molecule has 2 rings (SSSR count). The van der Waals surface area contributed by atoms with Gasteiger partial charge in [-0.05, 0) is 56.2 Å². The zero-order valence-electron chi connectivity index (χ0n) is 12.6. The van der Waals surface area contributed by atoms with Gasteiger partial charge in [-0.2, -0.15) is 0 Å². The van der Waals surface area contributed by atoms with Crippen molar-refractivity contribution < 1.29 is 18.3 Å². The molecule has 1 amide bonds. The molecule has 22 heavy (non-hydrogen) atoms. The third-order valence-corrected chi connectivity index (χ3v) is 3.06. The van der Waals surface area contributed by atoms with Crippen LogP contribution in [0.15, 0.2) is 36.4 Å². The van der Waals surface area contributed by atoms with E-state index in [1.54, 1.807) is 6.92 Å². The number of ether oxygens (including phenoxy) is 1. The van der Waals surface area contributed by atoms with E-state index in [2.05, 4.69) is 5.32 Å². The van der Waals surface area contributed by atoms with Crippen molar-refractivity contribution >= 4 is 11.6 Å². The van der Waals surface area contributed by atoms with Crippen LogP contribution in [-0.2, 0) is 4.79 Å². The first-order valence-electron chi connectivity index (χ1n) is 6.86. The molecule has 116 valence electrons. The minimum Gasteiger partial charge on any atom is -0.481 e. The van der Waals surface area contributed by atoms with Gasteiger partial charge < -0.3 is 10.1 Å². The van der Waals surface area contributed by atoms with Crippen LogP contribution in [0.4, 0.5) is 14.5 Å². The molecule has 0 saturated heterocycles. The summed E-state index contributed by atoms with van der Waals surface area (Å²) in [7, 11) is 0. The molecule has 5 heteroatoms. The van der Waals surface area contributed by atoms with E-state index in [4.69, 9.17) is 4.74 Å². The largest absolute Gasteiger partial charge is 0.481 e. The summed E-state index contributed by atoms with van der Waals surface area (Å²) in [6.45, 7) is 5.41. The number of carbonyl (C=O) groups is 1. The monoisotopic (exact) mass is 305 g/mol. The third-order valence-electron chi connectivity index (χ3n) is 3.06. The summed E-state index contributed by atoms with van der Waals surface area (Å²) in [5, 5.41) is 2.74. The van der Waals surface area contributed by atoms with Gasteiger partial charge in [-0.25, -0.2) is 8.78 Å². The average molecular weight is 305 g/mol. The van der Waals surface area contributed by atoms with Crippen LogP contribution in [0, 0.1) is 25.5 Å². The van der Waals surface area contributed by atoms with Gasteiger partial charge in [0, 0.05) is 11.8 Å². The molecule has 0 spiro atoms. The minimum absolute atomic E-state index is 0.0990. The van der Waals surface area contributed by atoms with Crippen molar-refractivity contribution in [1.29, 1.82) is 0 Å². The Morgan fingerprint density at radius 1 is 1.05 bits per heavy atom. The molecular weight excluding hydrogens is 288 g/mol. The van der Waals surface area contributed by atoms with Crippen molar-refractivity contribution in [3.8, 4) is 5.75 Å².